The third-order valence-corrected chi connectivity index (χ3v) is 2.47. The lowest BCUT2D eigenvalue weighted by molar-refractivity contribution is 0.479. The van der Waals surface area contributed by atoms with Crippen molar-refractivity contribution < 1.29 is 4.74 Å². The highest BCUT2D eigenvalue weighted by molar-refractivity contribution is 5.58. The van der Waals surface area contributed by atoms with E-state index in [0.29, 0.717) is 5.69 Å². The van der Waals surface area contributed by atoms with E-state index in [2.05, 4.69) is 6.92 Å². The topological polar surface area (TPSA) is 35.2 Å². The van der Waals surface area contributed by atoms with Crippen molar-refractivity contribution in [2.75, 3.05) is 5.73 Å². The predicted octanol–water partition coefficient (Wildman–Crippen LogP) is 3.62. The van der Waals surface area contributed by atoms with Crippen molar-refractivity contribution >= 4 is 5.69 Å². The quantitative estimate of drug-likeness (QED) is 0.790. The van der Waals surface area contributed by atoms with Crippen molar-refractivity contribution in [1.82, 2.24) is 0 Å². The van der Waals surface area contributed by atoms with Crippen molar-refractivity contribution in [3.05, 3.63) is 54.1 Å². The van der Waals surface area contributed by atoms with E-state index in [4.69, 9.17) is 10.5 Å². The van der Waals surface area contributed by atoms with Gasteiger partial charge < -0.3 is 10.5 Å². The van der Waals surface area contributed by atoms with Crippen molar-refractivity contribution in [3.63, 3.8) is 0 Å². The van der Waals surface area contributed by atoms with Crippen molar-refractivity contribution in [1.29, 1.82) is 0 Å². The van der Waals surface area contributed by atoms with Gasteiger partial charge in [-0.2, -0.15) is 0 Å². The Hall–Kier alpha value is -1.96. The molecule has 2 rings (SSSR count). The molecule has 2 N–H and O–H groups in total. The van der Waals surface area contributed by atoms with Crippen molar-refractivity contribution in [3.8, 4) is 11.5 Å². The minimum atomic E-state index is 0.684. The lowest BCUT2D eigenvalue weighted by atomic mass is 10.1. The van der Waals surface area contributed by atoms with Crippen LogP contribution in [0, 0.1) is 0 Å². The van der Waals surface area contributed by atoms with Crippen LogP contribution in [-0.2, 0) is 6.42 Å². The Balaban J connectivity index is 2.34. The highest BCUT2D eigenvalue weighted by Gasteiger charge is 2.06. The Morgan fingerprint density at radius 2 is 1.75 bits per heavy atom. The summed E-state index contributed by atoms with van der Waals surface area (Å²) < 4.78 is 5.81. The number of rotatable bonds is 3. The second-order valence-electron chi connectivity index (χ2n) is 3.60. The largest absolute Gasteiger partial charge is 0.455 e. The van der Waals surface area contributed by atoms with Gasteiger partial charge >= 0.3 is 0 Å². The zero-order valence-corrected chi connectivity index (χ0v) is 9.31. The van der Waals surface area contributed by atoms with Gasteiger partial charge in [0.15, 0.2) is 5.75 Å². The number of aryl methyl sites for hydroxylation is 1. The number of nitrogens with two attached hydrogens (primary N) is 1. The highest BCUT2D eigenvalue weighted by Crippen LogP contribution is 2.31. The smallest absolute Gasteiger partial charge is 0.153 e. The molecule has 0 heterocycles. The van der Waals surface area contributed by atoms with Crippen LogP contribution in [0.25, 0.3) is 0 Å². The second kappa shape index (κ2) is 4.71. The minimum Gasteiger partial charge on any atom is -0.455 e. The molecule has 0 bridgehead atoms. The normalized spacial score (nSPS) is 10.1. The molecular weight excluding hydrogens is 198 g/mol. The van der Waals surface area contributed by atoms with Gasteiger partial charge in [-0.3, -0.25) is 0 Å². The Kier molecular flexibility index (Phi) is 3.10. The molecule has 0 amide bonds. The van der Waals surface area contributed by atoms with Gasteiger partial charge in [-0.15, -0.1) is 0 Å². The fourth-order valence-corrected chi connectivity index (χ4v) is 1.61. The minimum absolute atomic E-state index is 0.684. The average molecular weight is 213 g/mol. The molecule has 0 saturated heterocycles. The van der Waals surface area contributed by atoms with E-state index < -0.39 is 0 Å². The van der Waals surface area contributed by atoms with Crippen LogP contribution in [0.1, 0.15) is 12.5 Å². The molecule has 0 fully saturated rings. The molecule has 0 saturated carbocycles. The van der Waals surface area contributed by atoms with Gasteiger partial charge in [-0.25, -0.2) is 0 Å². The molecule has 82 valence electrons. The molecule has 0 aliphatic carbocycles. The van der Waals surface area contributed by atoms with Gasteiger partial charge in [0.05, 0.1) is 5.69 Å². The second-order valence-corrected chi connectivity index (χ2v) is 3.60. The van der Waals surface area contributed by atoms with Gasteiger partial charge in [0.25, 0.3) is 0 Å². The molecule has 0 spiro atoms. The van der Waals surface area contributed by atoms with E-state index in [1.54, 1.807) is 0 Å². The van der Waals surface area contributed by atoms with Crippen LogP contribution in [0.5, 0.6) is 11.5 Å². The van der Waals surface area contributed by atoms with E-state index in [9.17, 15) is 0 Å². The van der Waals surface area contributed by atoms with Crippen molar-refractivity contribution in [2.45, 2.75) is 13.3 Å². The Bertz CT molecular complexity index is 465. The first kappa shape index (κ1) is 10.6. The standard InChI is InChI=1S/C14H15NO/c1-2-11-7-6-10-13(15)14(11)16-12-8-4-3-5-9-12/h3-10H,2,15H2,1H3. The molecule has 16 heavy (non-hydrogen) atoms. The van der Waals surface area contributed by atoms with E-state index in [1.165, 1.54) is 0 Å². The molecule has 2 nitrogen and oxygen atoms in total. The van der Waals surface area contributed by atoms with Gasteiger partial charge in [-0.1, -0.05) is 37.3 Å². The van der Waals surface area contributed by atoms with E-state index in [-0.39, 0.29) is 0 Å². The predicted molar refractivity (Wildman–Crippen MR) is 66.7 cm³/mol. The van der Waals surface area contributed by atoms with E-state index in [1.807, 2.05) is 48.5 Å². The summed E-state index contributed by atoms with van der Waals surface area (Å²) >= 11 is 0. The van der Waals surface area contributed by atoms with Crippen LogP contribution in [0.2, 0.25) is 0 Å². The first-order valence-corrected chi connectivity index (χ1v) is 5.41. The summed E-state index contributed by atoms with van der Waals surface area (Å²) in [7, 11) is 0. The Morgan fingerprint density at radius 1 is 1.00 bits per heavy atom. The fraction of sp³-hybridized carbons (Fsp3) is 0.143. The summed E-state index contributed by atoms with van der Waals surface area (Å²) in [6.07, 6.45) is 0.910. The zero-order valence-electron chi connectivity index (χ0n) is 9.31. The molecular formula is C14H15NO. The molecule has 2 aromatic carbocycles. The average Bonchev–Trinajstić information content (AvgIpc) is 2.33. The maximum absolute atomic E-state index is 5.92. The maximum atomic E-state index is 5.92. The summed E-state index contributed by atoms with van der Waals surface area (Å²) in [6.45, 7) is 2.09. The van der Waals surface area contributed by atoms with Crippen LogP contribution in [0.4, 0.5) is 5.69 Å². The summed E-state index contributed by atoms with van der Waals surface area (Å²) in [5.74, 6) is 1.59. The molecule has 2 heteroatoms. The molecule has 0 radical (unpaired) electrons. The Labute approximate surface area is 95.7 Å². The van der Waals surface area contributed by atoms with Gasteiger partial charge in [0.2, 0.25) is 0 Å². The Morgan fingerprint density at radius 3 is 2.44 bits per heavy atom. The third-order valence-electron chi connectivity index (χ3n) is 2.47. The molecule has 0 atom stereocenters. The molecule has 0 unspecified atom stereocenters. The number of hydrogen-bond donors (Lipinski definition) is 1. The van der Waals surface area contributed by atoms with E-state index >= 15 is 0 Å². The number of ether oxygens (including phenoxy) is 1. The third kappa shape index (κ3) is 2.16. The molecule has 0 aliphatic heterocycles. The van der Waals surface area contributed by atoms with Crippen LogP contribution >= 0.6 is 0 Å². The van der Waals surface area contributed by atoms with Crippen LogP contribution < -0.4 is 10.5 Å². The summed E-state index contributed by atoms with van der Waals surface area (Å²) in [5, 5.41) is 0. The summed E-state index contributed by atoms with van der Waals surface area (Å²) in [5.41, 5.74) is 7.73. The van der Waals surface area contributed by atoms with E-state index in [0.717, 1.165) is 23.5 Å². The first-order chi connectivity index (χ1) is 7.81. The summed E-state index contributed by atoms with van der Waals surface area (Å²) in [6, 6.07) is 15.5. The maximum Gasteiger partial charge on any atom is 0.153 e. The highest BCUT2D eigenvalue weighted by atomic mass is 16.5. The van der Waals surface area contributed by atoms with Gasteiger partial charge in [0.1, 0.15) is 5.75 Å². The summed E-state index contributed by atoms with van der Waals surface area (Å²) in [4.78, 5) is 0. The number of hydrogen-bond acceptors (Lipinski definition) is 2. The fourth-order valence-electron chi connectivity index (χ4n) is 1.61. The van der Waals surface area contributed by atoms with Gasteiger partial charge in [-0.05, 0) is 30.2 Å². The SMILES string of the molecule is CCc1cccc(N)c1Oc1ccccc1. The monoisotopic (exact) mass is 213 g/mol. The lowest BCUT2D eigenvalue weighted by Crippen LogP contribution is -1.96. The molecule has 2 aromatic rings. The lowest BCUT2D eigenvalue weighted by Gasteiger charge is -2.12. The zero-order chi connectivity index (χ0) is 11.4. The number of nitrogen functional groups attached to an aromatic ring is 1. The molecule has 0 aromatic heterocycles. The first-order valence-electron chi connectivity index (χ1n) is 5.41. The van der Waals surface area contributed by atoms with Crippen LogP contribution in [0.3, 0.4) is 0 Å². The van der Waals surface area contributed by atoms with Crippen LogP contribution in [0.15, 0.2) is 48.5 Å². The molecule has 0 aliphatic rings. The van der Waals surface area contributed by atoms with Crippen LogP contribution in [-0.4, -0.2) is 0 Å². The number of benzene rings is 2. The van der Waals surface area contributed by atoms with Crippen molar-refractivity contribution in [2.24, 2.45) is 0 Å². The number of anilines is 1. The van der Waals surface area contributed by atoms with Gasteiger partial charge in [0, 0.05) is 0 Å². The number of para-hydroxylation sites is 2.